The van der Waals surface area contributed by atoms with E-state index in [-0.39, 0.29) is 37.1 Å². The Morgan fingerprint density at radius 2 is 1.70 bits per heavy atom. The Kier molecular flexibility index (Phi) is 7.26. The summed E-state index contributed by atoms with van der Waals surface area (Å²) in [7, 11) is 2.94. The Morgan fingerprint density at radius 3 is 2.43 bits per heavy atom. The Morgan fingerprint density at radius 1 is 0.933 bits per heavy atom. The molecule has 1 heterocycles. The number of rotatable bonds is 10. The van der Waals surface area contributed by atoms with E-state index in [1.54, 1.807) is 30.3 Å². The lowest BCUT2D eigenvalue weighted by Gasteiger charge is -2.15. The highest BCUT2D eigenvalue weighted by Gasteiger charge is 2.20. The molecule has 7 nitrogen and oxygen atoms in total. The van der Waals surface area contributed by atoms with Crippen LogP contribution >= 0.6 is 0 Å². The van der Waals surface area contributed by atoms with Crippen molar-refractivity contribution < 1.29 is 32.5 Å². The molecule has 0 radical (unpaired) electrons. The van der Waals surface area contributed by atoms with Gasteiger partial charge in [-0.3, -0.25) is 4.79 Å². The van der Waals surface area contributed by atoms with E-state index in [4.69, 9.17) is 28.1 Å². The lowest BCUT2D eigenvalue weighted by molar-refractivity contribution is 0.0484. The molecule has 160 valence electrons. The molecule has 0 aliphatic heterocycles. The van der Waals surface area contributed by atoms with Gasteiger partial charge < -0.3 is 28.1 Å². The van der Waals surface area contributed by atoms with Gasteiger partial charge in [0.2, 0.25) is 11.2 Å². The molecule has 0 saturated carbocycles. The highest BCUT2D eigenvalue weighted by molar-refractivity contribution is 5.82. The molecular weight excluding hydrogens is 395 g/mol. The Balaban J connectivity index is 2.16. The number of alkyl halides is 1. The van der Waals surface area contributed by atoms with Crippen LogP contribution in [0, 0.1) is 6.92 Å². The van der Waals surface area contributed by atoms with Gasteiger partial charge in [0.05, 0.1) is 5.39 Å². The van der Waals surface area contributed by atoms with Gasteiger partial charge >= 0.3 is 0 Å². The van der Waals surface area contributed by atoms with Crippen LogP contribution in [0.5, 0.6) is 17.2 Å². The lowest BCUT2D eigenvalue weighted by Crippen LogP contribution is -2.12. The van der Waals surface area contributed by atoms with Crippen LogP contribution in [0.1, 0.15) is 5.56 Å². The highest BCUT2D eigenvalue weighted by Crippen LogP contribution is 2.37. The molecule has 1 aromatic heterocycles. The second kappa shape index (κ2) is 10.1. The van der Waals surface area contributed by atoms with Crippen molar-refractivity contribution in [3.05, 3.63) is 52.2 Å². The third-order valence-corrected chi connectivity index (χ3v) is 4.20. The summed E-state index contributed by atoms with van der Waals surface area (Å²) in [6.07, 6.45) is 0. The summed E-state index contributed by atoms with van der Waals surface area (Å²) in [5.41, 5.74) is 1.57. The molecule has 0 saturated heterocycles. The summed E-state index contributed by atoms with van der Waals surface area (Å²) < 4.78 is 45.0. The first-order chi connectivity index (χ1) is 14.6. The van der Waals surface area contributed by atoms with Gasteiger partial charge in [-0.05, 0) is 42.8 Å². The minimum Gasteiger partial charge on any atom is -0.487 e. The number of ether oxygens (including phenoxy) is 5. The molecule has 30 heavy (non-hydrogen) atoms. The van der Waals surface area contributed by atoms with E-state index in [2.05, 4.69) is 0 Å². The van der Waals surface area contributed by atoms with Crippen molar-refractivity contribution >= 4 is 11.0 Å². The first-order valence-electron chi connectivity index (χ1n) is 9.23. The van der Waals surface area contributed by atoms with E-state index in [9.17, 15) is 9.18 Å². The van der Waals surface area contributed by atoms with Gasteiger partial charge in [0.1, 0.15) is 18.9 Å². The number of methoxy groups -OCH3 is 2. The van der Waals surface area contributed by atoms with Crippen LogP contribution in [0.3, 0.4) is 0 Å². The average Bonchev–Trinajstić information content (AvgIpc) is 2.75. The average molecular weight is 418 g/mol. The molecule has 0 N–H and O–H groups in total. The van der Waals surface area contributed by atoms with E-state index in [0.29, 0.717) is 28.0 Å². The Labute approximate surface area is 172 Å². The van der Waals surface area contributed by atoms with Gasteiger partial charge in [-0.15, -0.1) is 0 Å². The molecule has 0 amide bonds. The third kappa shape index (κ3) is 4.72. The largest absolute Gasteiger partial charge is 0.487 e. The van der Waals surface area contributed by atoms with Crippen LogP contribution in [0.15, 0.2) is 45.6 Å². The molecule has 3 aromatic rings. The fourth-order valence-corrected chi connectivity index (χ4v) is 2.87. The second-order valence-corrected chi connectivity index (χ2v) is 6.39. The molecule has 0 bridgehead atoms. The Hall–Kier alpha value is -3.10. The number of benzene rings is 2. The molecule has 2 aromatic carbocycles. The van der Waals surface area contributed by atoms with Gasteiger partial charge in [0.15, 0.2) is 30.8 Å². The maximum absolute atomic E-state index is 13.0. The lowest BCUT2D eigenvalue weighted by atomic mass is 10.1. The third-order valence-electron chi connectivity index (χ3n) is 4.20. The van der Waals surface area contributed by atoms with Crippen molar-refractivity contribution in [3.63, 3.8) is 0 Å². The van der Waals surface area contributed by atoms with Gasteiger partial charge in [-0.2, -0.15) is 0 Å². The first-order valence-corrected chi connectivity index (χ1v) is 9.23. The van der Waals surface area contributed by atoms with Gasteiger partial charge in [0, 0.05) is 19.8 Å². The molecular formula is C22H23FO7. The smallest absolute Gasteiger partial charge is 0.235 e. The summed E-state index contributed by atoms with van der Waals surface area (Å²) in [6, 6.07) is 10.2. The van der Waals surface area contributed by atoms with Crippen LogP contribution in [0.4, 0.5) is 4.39 Å². The summed E-state index contributed by atoms with van der Waals surface area (Å²) >= 11 is 0. The van der Waals surface area contributed by atoms with E-state index >= 15 is 0 Å². The fraction of sp³-hybridized carbons (Fsp3) is 0.318. The number of fused-ring (bicyclic) bond motifs is 1. The predicted octanol–water partition coefficient (Wildman–Crippen LogP) is 4.08. The van der Waals surface area contributed by atoms with Crippen LogP contribution in [-0.4, -0.2) is 41.1 Å². The minimum atomic E-state index is -0.640. The minimum absolute atomic E-state index is 0.0170. The Bertz CT molecular complexity index is 1060. The van der Waals surface area contributed by atoms with Crippen molar-refractivity contribution in [3.8, 4) is 28.6 Å². The van der Waals surface area contributed by atoms with Crippen molar-refractivity contribution in [2.24, 2.45) is 0 Å². The first kappa shape index (κ1) is 21.6. The fourth-order valence-electron chi connectivity index (χ4n) is 2.87. The molecule has 0 atom stereocenters. The zero-order chi connectivity index (χ0) is 21.5. The topological polar surface area (TPSA) is 76.4 Å². The molecule has 0 unspecified atom stereocenters. The molecule has 0 fully saturated rings. The van der Waals surface area contributed by atoms with E-state index in [0.717, 1.165) is 5.56 Å². The maximum atomic E-state index is 13.0. The van der Waals surface area contributed by atoms with E-state index in [1.165, 1.54) is 14.2 Å². The summed E-state index contributed by atoms with van der Waals surface area (Å²) in [6.45, 7) is 0.986. The SMILES string of the molecule is COCOc1cc(-c2oc3cc(C)ccc3c(=O)c2OCOC)ccc1OCCF. The molecule has 0 aliphatic carbocycles. The van der Waals surface area contributed by atoms with E-state index < -0.39 is 6.67 Å². The zero-order valence-electron chi connectivity index (χ0n) is 17.0. The van der Waals surface area contributed by atoms with Crippen LogP contribution in [0.25, 0.3) is 22.3 Å². The molecule has 8 heteroatoms. The van der Waals surface area contributed by atoms with Gasteiger partial charge in [-0.25, -0.2) is 4.39 Å². The number of hydrogen-bond donors (Lipinski definition) is 0. The predicted molar refractivity (Wildman–Crippen MR) is 109 cm³/mol. The van der Waals surface area contributed by atoms with Crippen molar-refractivity contribution in [2.75, 3.05) is 41.1 Å². The molecule has 0 spiro atoms. The summed E-state index contributed by atoms with van der Waals surface area (Å²) in [5, 5.41) is 0.397. The number of halogens is 1. The standard InChI is InChI=1S/C22H23FO7/c1-14-4-6-16-18(10-14)30-21(22(20(16)24)29-13-26-3)15-5-7-17(27-9-8-23)19(11-15)28-12-25-2/h4-7,10-11H,8-9,12-13H2,1-3H3. The van der Waals surface area contributed by atoms with Crippen LogP contribution in [0.2, 0.25) is 0 Å². The van der Waals surface area contributed by atoms with Gasteiger partial charge in [0.25, 0.3) is 0 Å². The number of aryl methyl sites for hydroxylation is 1. The molecule has 0 aliphatic rings. The van der Waals surface area contributed by atoms with Crippen molar-refractivity contribution in [1.29, 1.82) is 0 Å². The van der Waals surface area contributed by atoms with Gasteiger partial charge in [-0.1, -0.05) is 6.07 Å². The monoisotopic (exact) mass is 418 g/mol. The normalized spacial score (nSPS) is 10.9. The number of hydrogen-bond acceptors (Lipinski definition) is 7. The second-order valence-electron chi connectivity index (χ2n) is 6.39. The van der Waals surface area contributed by atoms with Crippen LogP contribution in [-0.2, 0) is 9.47 Å². The summed E-state index contributed by atoms with van der Waals surface area (Å²) in [5.74, 6) is 0.886. The zero-order valence-corrected chi connectivity index (χ0v) is 17.0. The molecule has 3 rings (SSSR count). The van der Waals surface area contributed by atoms with Crippen LogP contribution < -0.4 is 19.6 Å². The van der Waals surface area contributed by atoms with Crippen molar-refractivity contribution in [1.82, 2.24) is 0 Å². The van der Waals surface area contributed by atoms with E-state index in [1.807, 2.05) is 13.0 Å². The van der Waals surface area contributed by atoms with Crippen molar-refractivity contribution in [2.45, 2.75) is 6.92 Å². The summed E-state index contributed by atoms with van der Waals surface area (Å²) in [4.78, 5) is 13.0. The maximum Gasteiger partial charge on any atom is 0.235 e. The quantitative estimate of drug-likeness (QED) is 0.459. The highest BCUT2D eigenvalue weighted by atomic mass is 19.1.